The van der Waals surface area contributed by atoms with E-state index in [2.05, 4.69) is 37.9 Å². The van der Waals surface area contributed by atoms with Gasteiger partial charge in [0.1, 0.15) is 0 Å². The zero-order valence-corrected chi connectivity index (χ0v) is 16.1. The topological polar surface area (TPSA) is 59.2 Å². The molecule has 0 bridgehead atoms. The Hall–Kier alpha value is -2.20. The number of carbonyl (C=O) groups is 1. The van der Waals surface area contributed by atoms with E-state index in [-0.39, 0.29) is 11.4 Å². The van der Waals surface area contributed by atoms with E-state index >= 15 is 0 Å². The van der Waals surface area contributed by atoms with Gasteiger partial charge in [0.05, 0.1) is 0 Å². The predicted octanol–water partition coefficient (Wildman–Crippen LogP) is 3.44. The Bertz CT molecular complexity index is 783. The molecule has 0 radical (unpaired) electrons. The zero-order chi connectivity index (χ0) is 18.7. The number of aryl methyl sites for hydroxylation is 3. The number of amides is 1. The maximum absolute atomic E-state index is 12.9. The molecule has 2 aromatic rings. The van der Waals surface area contributed by atoms with Gasteiger partial charge in [0.25, 0.3) is 5.91 Å². The number of hydrogen-bond acceptors (Lipinski definition) is 3. The molecule has 1 atom stereocenters. The highest BCUT2D eigenvalue weighted by Crippen LogP contribution is 2.24. The Balaban J connectivity index is 1.59. The van der Waals surface area contributed by atoms with Crippen molar-refractivity contribution in [3.63, 3.8) is 0 Å². The van der Waals surface area contributed by atoms with Gasteiger partial charge in [0.15, 0.2) is 0 Å². The van der Waals surface area contributed by atoms with E-state index < -0.39 is 0 Å². The first-order valence-electron chi connectivity index (χ1n) is 9.43. The standard InChI is InChI=1S/C22H29N3O/c1-16-13-19-7-11-25(21(26)20(19)14-17(16)2)12-9-22(3,23)8-6-18-5-4-10-24-15-18/h4-5,10,13-15H,6-9,11-12,23H2,1-3H3. The van der Waals surface area contributed by atoms with Crippen molar-refractivity contribution < 1.29 is 4.79 Å². The summed E-state index contributed by atoms with van der Waals surface area (Å²) in [7, 11) is 0. The number of pyridine rings is 1. The molecule has 0 saturated heterocycles. The van der Waals surface area contributed by atoms with E-state index in [4.69, 9.17) is 5.73 Å². The summed E-state index contributed by atoms with van der Waals surface area (Å²) in [4.78, 5) is 19.0. The third-order valence-electron chi connectivity index (χ3n) is 5.55. The van der Waals surface area contributed by atoms with Crippen molar-refractivity contribution in [1.29, 1.82) is 0 Å². The Morgan fingerprint density at radius 2 is 2.00 bits per heavy atom. The van der Waals surface area contributed by atoms with Gasteiger partial charge in [-0.1, -0.05) is 12.1 Å². The Kier molecular flexibility index (Phi) is 5.42. The van der Waals surface area contributed by atoms with Gasteiger partial charge >= 0.3 is 0 Å². The van der Waals surface area contributed by atoms with Crippen molar-refractivity contribution in [2.75, 3.05) is 13.1 Å². The number of nitrogens with two attached hydrogens (primary N) is 1. The lowest BCUT2D eigenvalue weighted by atomic mass is 9.90. The first kappa shape index (κ1) is 18.6. The van der Waals surface area contributed by atoms with Gasteiger partial charge < -0.3 is 10.6 Å². The van der Waals surface area contributed by atoms with Crippen LogP contribution in [0.1, 0.15) is 52.4 Å². The van der Waals surface area contributed by atoms with E-state index in [1.807, 2.05) is 23.2 Å². The minimum atomic E-state index is -0.292. The van der Waals surface area contributed by atoms with Crippen LogP contribution in [-0.4, -0.2) is 34.4 Å². The number of rotatable bonds is 6. The van der Waals surface area contributed by atoms with E-state index in [0.29, 0.717) is 6.54 Å². The van der Waals surface area contributed by atoms with Crippen LogP contribution in [0.5, 0.6) is 0 Å². The maximum atomic E-state index is 12.9. The maximum Gasteiger partial charge on any atom is 0.254 e. The molecule has 138 valence electrons. The van der Waals surface area contributed by atoms with Crippen molar-refractivity contribution in [2.24, 2.45) is 5.73 Å². The molecule has 0 saturated carbocycles. The van der Waals surface area contributed by atoms with Crippen LogP contribution in [0.25, 0.3) is 0 Å². The number of fused-ring (bicyclic) bond motifs is 1. The minimum absolute atomic E-state index is 0.150. The van der Waals surface area contributed by atoms with E-state index in [9.17, 15) is 4.79 Å². The van der Waals surface area contributed by atoms with Crippen molar-refractivity contribution in [3.8, 4) is 0 Å². The van der Waals surface area contributed by atoms with Gasteiger partial charge in [0, 0.05) is 36.6 Å². The summed E-state index contributed by atoms with van der Waals surface area (Å²) in [5, 5.41) is 0. The highest BCUT2D eigenvalue weighted by molar-refractivity contribution is 5.97. The van der Waals surface area contributed by atoms with Crippen molar-refractivity contribution >= 4 is 5.91 Å². The van der Waals surface area contributed by atoms with Gasteiger partial charge in [-0.25, -0.2) is 0 Å². The molecular formula is C22H29N3O. The molecule has 26 heavy (non-hydrogen) atoms. The van der Waals surface area contributed by atoms with Crippen LogP contribution in [0.3, 0.4) is 0 Å². The number of aromatic nitrogens is 1. The van der Waals surface area contributed by atoms with Crippen LogP contribution >= 0.6 is 0 Å². The molecule has 2 heterocycles. The summed E-state index contributed by atoms with van der Waals surface area (Å²) in [6.45, 7) is 7.75. The van der Waals surface area contributed by atoms with Gasteiger partial charge in [-0.15, -0.1) is 0 Å². The smallest absolute Gasteiger partial charge is 0.254 e. The second kappa shape index (κ2) is 7.58. The first-order valence-corrected chi connectivity index (χ1v) is 9.43. The summed E-state index contributed by atoms with van der Waals surface area (Å²) in [6.07, 6.45) is 7.21. The molecule has 4 heteroatoms. The van der Waals surface area contributed by atoms with Crippen LogP contribution < -0.4 is 5.73 Å². The molecule has 2 N–H and O–H groups in total. The summed E-state index contributed by atoms with van der Waals surface area (Å²) < 4.78 is 0. The molecule has 4 nitrogen and oxygen atoms in total. The fraction of sp³-hybridized carbons (Fsp3) is 0.455. The number of carbonyl (C=O) groups excluding carboxylic acids is 1. The summed E-state index contributed by atoms with van der Waals surface area (Å²) in [5.41, 5.74) is 11.9. The molecule has 1 amide bonds. The zero-order valence-electron chi connectivity index (χ0n) is 16.1. The molecule has 1 aromatic carbocycles. The van der Waals surface area contributed by atoms with Gasteiger partial charge in [-0.2, -0.15) is 0 Å². The van der Waals surface area contributed by atoms with E-state index in [1.54, 1.807) is 6.20 Å². The third kappa shape index (κ3) is 4.31. The van der Waals surface area contributed by atoms with Crippen LogP contribution in [0.4, 0.5) is 0 Å². The predicted molar refractivity (Wildman–Crippen MR) is 105 cm³/mol. The van der Waals surface area contributed by atoms with Gasteiger partial charge in [-0.05, 0) is 80.8 Å². The second-order valence-electron chi connectivity index (χ2n) is 7.90. The Morgan fingerprint density at radius 3 is 2.73 bits per heavy atom. The molecule has 1 aromatic heterocycles. The Morgan fingerprint density at radius 1 is 1.23 bits per heavy atom. The van der Waals surface area contributed by atoms with Crippen molar-refractivity contribution in [3.05, 3.63) is 64.5 Å². The lowest BCUT2D eigenvalue weighted by Crippen LogP contribution is -2.44. The highest BCUT2D eigenvalue weighted by atomic mass is 16.2. The lowest BCUT2D eigenvalue weighted by Gasteiger charge is -2.33. The average Bonchev–Trinajstić information content (AvgIpc) is 2.62. The first-order chi connectivity index (χ1) is 12.4. The monoisotopic (exact) mass is 351 g/mol. The SMILES string of the molecule is Cc1cc2c(cc1C)C(=O)N(CCC(C)(N)CCc1cccnc1)CC2. The molecule has 1 unspecified atom stereocenters. The van der Waals surface area contributed by atoms with Crippen molar-refractivity contribution in [2.45, 2.75) is 52.0 Å². The van der Waals surface area contributed by atoms with Crippen LogP contribution in [0.15, 0.2) is 36.7 Å². The summed E-state index contributed by atoms with van der Waals surface area (Å²) >= 11 is 0. The largest absolute Gasteiger partial charge is 0.338 e. The van der Waals surface area contributed by atoms with E-state index in [0.717, 1.165) is 37.8 Å². The molecular weight excluding hydrogens is 322 g/mol. The van der Waals surface area contributed by atoms with Crippen molar-refractivity contribution in [1.82, 2.24) is 9.88 Å². The van der Waals surface area contributed by atoms with Crippen LogP contribution in [-0.2, 0) is 12.8 Å². The molecule has 1 aliphatic rings. The number of nitrogens with zero attached hydrogens (tertiary/aromatic N) is 2. The summed E-state index contributed by atoms with van der Waals surface area (Å²) in [5.74, 6) is 0.150. The fourth-order valence-corrected chi connectivity index (χ4v) is 3.51. The molecule has 0 fully saturated rings. The molecule has 0 aliphatic carbocycles. The van der Waals surface area contributed by atoms with Crippen LogP contribution in [0.2, 0.25) is 0 Å². The number of hydrogen-bond donors (Lipinski definition) is 1. The average molecular weight is 351 g/mol. The lowest BCUT2D eigenvalue weighted by molar-refractivity contribution is 0.0727. The van der Waals surface area contributed by atoms with Crippen LogP contribution in [0, 0.1) is 13.8 Å². The minimum Gasteiger partial charge on any atom is -0.338 e. The third-order valence-corrected chi connectivity index (χ3v) is 5.55. The molecule has 1 aliphatic heterocycles. The summed E-state index contributed by atoms with van der Waals surface area (Å²) in [6, 6.07) is 8.25. The molecule has 0 spiro atoms. The number of benzene rings is 1. The van der Waals surface area contributed by atoms with E-state index in [1.165, 1.54) is 22.3 Å². The normalized spacial score (nSPS) is 16.3. The molecule has 3 rings (SSSR count). The quantitative estimate of drug-likeness (QED) is 0.867. The fourth-order valence-electron chi connectivity index (χ4n) is 3.51. The Labute approximate surface area is 156 Å². The van der Waals surface area contributed by atoms with Gasteiger partial charge in [-0.3, -0.25) is 9.78 Å². The van der Waals surface area contributed by atoms with Gasteiger partial charge in [0.2, 0.25) is 0 Å². The highest BCUT2D eigenvalue weighted by Gasteiger charge is 2.27. The second-order valence-corrected chi connectivity index (χ2v) is 7.90.